The molecule has 82 valence electrons. The molecule has 0 radical (unpaired) electrons. The van der Waals surface area contributed by atoms with E-state index in [-0.39, 0.29) is 5.56 Å². The Hall–Kier alpha value is -1.81. The van der Waals surface area contributed by atoms with Crippen molar-refractivity contribution in [3.8, 4) is 5.69 Å². The average molecular weight is 216 g/mol. The minimum Gasteiger partial charge on any atom is -0.370 e. The lowest BCUT2D eigenvalue weighted by atomic mass is 10.2. The van der Waals surface area contributed by atoms with E-state index in [4.69, 9.17) is 4.74 Å². The molecule has 1 aliphatic heterocycles. The summed E-state index contributed by atoms with van der Waals surface area (Å²) in [7, 11) is 0. The highest BCUT2D eigenvalue weighted by Crippen LogP contribution is 2.19. The number of hydrogen-bond acceptors (Lipinski definition) is 2. The molecule has 0 fully saturated rings. The number of benzene rings is 1. The van der Waals surface area contributed by atoms with Crippen molar-refractivity contribution >= 4 is 0 Å². The lowest BCUT2D eigenvalue weighted by molar-refractivity contribution is 0.130. The van der Waals surface area contributed by atoms with E-state index in [0.717, 1.165) is 16.9 Å². The second-order valence-electron chi connectivity index (χ2n) is 4.03. The summed E-state index contributed by atoms with van der Waals surface area (Å²) < 4.78 is 7.09. The number of hydrogen-bond donors (Lipinski definition) is 1. The van der Waals surface area contributed by atoms with Gasteiger partial charge in [0.1, 0.15) is 0 Å². The molecule has 1 N–H and O–H groups in total. The summed E-state index contributed by atoms with van der Waals surface area (Å²) >= 11 is 0. The van der Waals surface area contributed by atoms with Crippen LogP contribution in [0, 0.1) is 6.92 Å². The fourth-order valence-electron chi connectivity index (χ4n) is 1.97. The van der Waals surface area contributed by atoms with Crippen molar-refractivity contribution in [1.82, 2.24) is 9.78 Å². The number of rotatable bonds is 1. The number of aryl methyl sites for hydroxylation is 1. The maximum atomic E-state index is 11.6. The van der Waals surface area contributed by atoms with E-state index in [1.165, 1.54) is 5.56 Å². The van der Waals surface area contributed by atoms with Crippen molar-refractivity contribution in [3.63, 3.8) is 0 Å². The first-order chi connectivity index (χ1) is 7.75. The predicted molar refractivity (Wildman–Crippen MR) is 59.6 cm³/mol. The van der Waals surface area contributed by atoms with E-state index in [1.807, 2.05) is 35.9 Å². The molecule has 4 heteroatoms. The standard InChI is InChI=1S/C12H12N2O2/c1-8-2-4-9(5-3-8)14-11-7-16-6-10(11)12(15)13-14/h2-5H,6-7H2,1H3,(H,13,15). The highest BCUT2D eigenvalue weighted by molar-refractivity contribution is 5.37. The molecular weight excluding hydrogens is 204 g/mol. The Kier molecular flexibility index (Phi) is 1.97. The normalized spacial score (nSPS) is 14.1. The van der Waals surface area contributed by atoms with E-state index in [0.29, 0.717) is 13.2 Å². The molecule has 0 atom stereocenters. The molecule has 0 saturated heterocycles. The maximum absolute atomic E-state index is 11.6. The first kappa shape index (κ1) is 9.42. The first-order valence-corrected chi connectivity index (χ1v) is 5.23. The third-order valence-electron chi connectivity index (χ3n) is 2.88. The summed E-state index contributed by atoms with van der Waals surface area (Å²) in [5.74, 6) is 0. The molecule has 0 spiro atoms. The van der Waals surface area contributed by atoms with Gasteiger partial charge in [-0.05, 0) is 19.1 Å². The molecule has 0 amide bonds. The largest absolute Gasteiger partial charge is 0.370 e. The summed E-state index contributed by atoms with van der Waals surface area (Å²) in [5.41, 5.74) is 3.81. The Labute approximate surface area is 92.5 Å². The van der Waals surface area contributed by atoms with Crippen molar-refractivity contribution < 1.29 is 4.74 Å². The van der Waals surface area contributed by atoms with Crippen LogP contribution in [0.5, 0.6) is 0 Å². The summed E-state index contributed by atoms with van der Waals surface area (Å²) in [6.45, 7) is 2.96. The van der Waals surface area contributed by atoms with Crippen LogP contribution in [0.25, 0.3) is 5.69 Å². The van der Waals surface area contributed by atoms with Crippen LogP contribution in [0.2, 0.25) is 0 Å². The van der Waals surface area contributed by atoms with Gasteiger partial charge in [0.2, 0.25) is 0 Å². The topological polar surface area (TPSA) is 47.0 Å². The number of ether oxygens (including phenoxy) is 1. The first-order valence-electron chi connectivity index (χ1n) is 5.23. The van der Waals surface area contributed by atoms with Gasteiger partial charge in [-0.1, -0.05) is 17.7 Å². The lowest BCUT2D eigenvalue weighted by Crippen LogP contribution is -2.08. The Balaban J connectivity index is 2.17. The van der Waals surface area contributed by atoms with E-state index in [1.54, 1.807) is 0 Å². The minimum absolute atomic E-state index is 0.0481. The van der Waals surface area contributed by atoms with Gasteiger partial charge in [-0.3, -0.25) is 14.6 Å². The van der Waals surface area contributed by atoms with Gasteiger partial charge in [0.05, 0.1) is 30.2 Å². The van der Waals surface area contributed by atoms with Crippen molar-refractivity contribution in [2.24, 2.45) is 0 Å². The van der Waals surface area contributed by atoms with Crippen LogP contribution in [0.4, 0.5) is 0 Å². The molecule has 0 unspecified atom stereocenters. The number of aromatic nitrogens is 2. The van der Waals surface area contributed by atoms with Crippen molar-refractivity contribution in [2.45, 2.75) is 20.1 Å². The van der Waals surface area contributed by atoms with E-state index in [9.17, 15) is 4.79 Å². The molecule has 0 aliphatic carbocycles. The van der Waals surface area contributed by atoms with Gasteiger partial charge in [0.15, 0.2) is 0 Å². The summed E-state index contributed by atoms with van der Waals surface area (Å²) in [6, 6.07) is 8.03. The van der Waals surface area contributed by atoms with Crippen molar-refractivity contribution in [3.05, 3.63) is 51.4 Å². The monoisotopic (exact) mass is 216 g/mol. The third-order valence-corrected chi connectivity index (χ3v) is 2.88. The molecule has 3 rings (SSSR count). The van der Waals surface area contributed by atoms with Crippen LogP contribution in [-0.4, -0.2) is 9.78 Å². The summed E-state index contributed by atoms with van der Waals surface area (Å²) in [5, 5.41) is 2.83. The predicted octanol–water partition coefficient (Wildman–Crippen LogP) is 1.50. The number of nitrogens with one attached hydrogen (secondary N) is 1. The minimum atomic E-state index is -0.0481. The zero-order valence-corrected chi connectivity index (χ0v) is 8.99. The number of fused-ring (bicyclic) bond motifs is 1. The molecule has 1 aromatic heterocycles. The third kappa shape index (κ3) is 1.31. The van der Waals surface area contributed by atoms with Crippen LogP contribution in [0.1, 0.15) is 16.8 Å². The molecule has 0 bridgehead atoms. The Morgan fingerprint density at radius 1 is 1.25 bits per heavy atom. The molecule has 4 nitrogen and oxygen atoms in total. The molecule has 2 aromatic rings. The van der Waals surface area contributed by atoms with E-state index < -0.39 is 0 Å². The second kappa shape index (κ2) is 3.35. The maximum Gasteiger partial charge on any atom is 0.270 e. The lowest BCUT2D eigenvalue weighted by Gasteiger charge is -2.06. The van der Waals surface area contributed by atoms with Crippen LogP contribution < -0.4 is 5.56 Å². The van der Waals surface area contributed by atoms with Gasteiger partial charge in [-0.15, -0.1) is 0 Å². The Bertz CT molecular complexity index is 578. The van der Waals surface area contributed by atoms with Crippen molar-refractivity contribution in [2.75, 3.05) is 0 Å². The highest BCUT2D eigenvalue weighted by Gasteiger charge is 2.21. The van der Waals surface area contributed by atoms with Crippen LogP contribution in [0.15, 0.2) is 29.1 Å². The fourth-order valence-corrected chi connectivity index (χ4v) is 1.97. The average Bonchev–Trinajstić information content (AvgIpc) is 2.84. The summed E-state index contributed by atoms with van der Waals surface area (Å²) in [4.78, 5) is 11.6. The van der Waals surface area contributed by atoms with Crippen LogP contribution in [-0.2, 0) is 18.0 Å². The zero-order valence-electron chi connectivity index (χ0n) is 8.99. The second-order valence-corrected chi connectivity index (χ2v) is 4.03. The fraction of sp³-hybridized carbons (Fsp3) is 0.250. The molecule has 0 saturated carbocycles. The number of H-pyrrole nitrogens is 1. The smallest absolute Gasteiger partial charge is 0.270 e. The molecule has 1 aromatic carbocycles. The highest BCUT2D eigenvalue weighted by atomic mass is 16.5. The van der Waals surface area contributed by atoms with Gasteiger partial charge < -0.3 is 4.74 Å². The molecule has 1 aliphatic rings. The molecular formula is C12H12N2O2. The Morgan fingerprint density at radius 2 is 2.00 bits per heavy atom. The van der Waals surface area contributed by atoms with Crippen LogP contribution in [0.3, 0.4) is 0 Å². The van der Waals surface area contributed by atoms with E-state index >= 15 is 0 Å². The van der Waals surface area contributed by atoms with Crippen LogP contribution >= 0.6 is 0 Å². The SMILES string of the molecule is Cc1ccc(-n2[nH]c(=O)c3c2COC3)cc1. The number of aromatic amines is 1. The van der Waals surface area contributed by atoms with E-state index in [2.05, 4.69) is 5.10 Å². The van der Waals surface area contributed by atoms with Gasteiger partial charge in [0.25, 0.3) is 5.56 Å². The molecule has 16 heavy (non-hydrogen) atoms. The zero-order chi connectivity index (χ0) is 11.1. The summed E-state index contributed by atoms with van der Waals surface area (Å²) in [6.07, 6.45) is 0. The van der Waals surface area contributed by atoms with Gasteiger partial charge >= 0.3 is 0 Å². The molecule has 2 heterocycles. The Morgan fingerprint density at radius 3 is 2.75 bits per heavy atom. The van der Waals surface area contributed by atoms with Gasteiger partial charge in [0, 0.05) is 0 Å². The van der Waals surface area contributed by atoms with Gasteiger partial charge in [-0.2, -0.15) is 0 Å². The number of nitrogens with zero attached hydrogens (tertiary/aromatic N) is 1. The van der Waals surface area contributed by atoms with Gasteiger partial charge in [-0.25, -0.2) is 0 Å². The quantitative estimate of drug-likeness (QED) is 0.785. The van der Waals surface area contributed by atoms with Crippen molar-refractivity contribution in [1.29, 1.82) is 0 Å².